The van der Waals surface area contributed by atoms with Gasteiger partial charge in [0, 0.05) is 6.42 Å². The molecule has 1 fully saturated rings. The van der Waals surface area contributed by atoms with E-state index in [-0.39, 0.29) is 12.1 Å². The molecule has 8 nitrogen and oxygen atoms in total. The van der Waals surface area contributed by atoms with E-state index in [1.165, 1.54) is 0 Å². The molecule has 0 spiro atoms. The van der Waals surface area contributed by atoms with Crippen LogP contribution in [0.1, 0.15) is 6.42 Å². The molecule has 0 radical (unpaired) electrons. The van der Waals surface area contributed by atoms with Crippen LogP contribution in [0.3, 0.4) is 0 Å². The number of ether oxygens (including phenoxy) is 1. The fourth-order valence-corrected chi connectivity index (χ4v) is 2.00. The third kappa shape index (κ3) is 3.80. The van der Waals surface area contributed by atoms with Gasteiger partial charge in [0.25, 0.3) is 0 Å². The van der Waals surface area contributed by atoms with Crippen LogP contribution in [-0.2, 0) is 9.53 Å². The minimum absolute atomic E-state index is 0.0188. The maximum atomic E-state index is 11.7. The molecule has 5 N–H and O–H groups in total. The zero-order valence-electron chi connectivity index (χ0n) is 11.7. The summed E-state index contributed by atoms with van der Waals surface area (Å²) >= 11 is 0. The fraction of sp³-hybridized carbons (Fsp3) is 0.429. The Hall–Kier alpha value is -2.00. The molecular formula is C14H18N2O6. The Kier molecular flexibility index (Phi) is 5.45. The van der Waals surface area contributed by atoms with E-state index in [1.54, 1.807) is 24.3 Å². The lowest BCUT2D eigenvalue weighted by Gasteiger charge is -2.24. The number of nitrogens with one attached hydrogen (secondary N) is 1. The van der Waals surface area contributed by atoms with Gasteiger partial charge in [-0.2, -0.15) is 5.10 Å². The molecule has 0 amide bonds. The summed E-state index contributed by atoms with van der Waals surface area (Å²) in [4.78, 5) is 11.7. The normalized spacial score (nSPS) is 23.9. The average molecular weight is 310 g/mol. The number of hydrogen-bond acceptors (Lipinski definition) is 8. The summed E-state index contributed by atoms with van der Waals surface area (Å²) in [6, 6.07) is 8.96. The van der Waals surface area contributed by atoms with Gasteiger partial charge in [0.2, 0.25) is 0 Å². The third-order valence-electron chi connectivity index (χ3n) is 3.29. The van der Waals surface area contributed by atoms with Crippen LogP contribution < -0.4 is 5.43 Å². The molecule has 0 unspecified atom stereocenters. The zero-order chi connectivity index (χ0) is 16.1. The summed E-state index contributed by atoms with van der Waals surface area (Å²) in [5.74, 6) is -0.710. The molecule has 22 heavy (non-hydrogen) atoms. The maximum Gasteiger partial charge on any atom is 0.355 e. The number of nitrogens with zero attached hydrogens (tertiary/aromatic N) is 1. The molecule has 2 rings (SSSR count). The van der Waals surface area contributed by atoms with E-state index in [0.717, 1.165) is 0 Å². The van der Waals surface area contributed by atoms with Gasteiger partial charge in [-0.1, -0.05) is 18.2 Å². The first-order chi connectivity index (χ1) is 10.5. The van der Waals surface area contributed by atoms with Crippen molar-refractivity contribution in [1.82, 2.24) is 0 Å². The van der Waals surface area contributed by atoms with Crippen molar-refractivity contribution in [1.29, 1.82) is 0 Å². The van der Waals surface area contributed by atoms with Crippen molar-refractivity contribution in [3.05, 3.63) is 30.3 Å². The molecule has 0 aliphatic carbocycles. The number of aliphatic hydroxyl groups is 4. The van der Waals surface area contributed by atoms with Crippen molar-refractivity contribution >= 4 is 17.4 Å². The van der Waals surface area contributed by atoms with E-state index < -0.39 is 37.0 Å². The summed E-state index contributed by atoms with van der Waals surface area (Å²) in [7, 11) is 0. The van der Waals surface area contributed by atoms with Gasteiger partial charge in [-0.15, -0.1) is 0 Å². The number of carbonyl (C=O) groups is 1. The number of carbonyl (C=O) groups excluding carboxylic acids is 1. The summed E-state index contributed by atoms with van der Waals surface area (Å²) in [5, 5.41) is 41.5. The Bertz CT molecular complexity index is 535. The van der Waals surface area contributed by atoms with E-state index in [1.807, 2.05) is 6.07 Å². The highest BCUT2D eigenvalue weighted by Gasteiger charge is 2.40. The Labute approximate surface area is 126 Å². The first kappa shape index (κ1) is 16.4. The summed E-state index contributed by atoms with van der Waals surface area (Å²) in [6.07, 6.45) is -5.70. The van der Waals surface area contributed by atoms with Crippen molar-refractivity contribution < 1.29 is 30.0 Å². The van der Waals surface area contributed by atoms with Gasteiger partial charge in [0.1, 0.15) is 30.1 Å². The van der Waals surface area contributed by atoms with E-state index >= 15 is 0 Å². The van der Waals surface area contributed by atoms with Gasteiger partial charge in [-0.05, 0) is 12.1 Å². The molecule has 0 bridgehead atoms. The van der Waals surface area contributed by atoms with Crippen molar-refractivity contribution in [2.45, 2.75) is 30.8 Å². The van der Waals surface area contributed by atoms with Crippen LogP contribution >= 0.6 is 0 Å². The van der Waals surface area contributed by atoms with Crippen LogP contribution in [0.5, 0.6) is 0 Å². The molecule has 120 valence electrons. The van der Waals surface area contributed by atoms with Gasteiger partial charge in [-0.25, -0.2) is 4.79 Å². The number of aliphatic hydroxyl groups excluding tert-OH is 4. The van der Waals surface area contributed by atoms with Crippen molar-refractivity contribution in [3.63, 3.8) is 0 Å². The van der Waals surface area contributed by atoms with E-state index in [2.05, 4.69) is 10.5 Å². The number of cyclic esters (lactones) is 1. The zero-order valence-corrected chi connectivity index (χ0v) is 11.7. The topological polar surface area (TPSA) is 132 Å². The average Bonchev–Trinajstić information content (AvgIpc) is 2.92. The second-order valence-electron chi connectivity index (χ2n) is 4.92. The van der Waals surface area contributed by atoms with E-state index in [4.69, 9.17) is 9.84 Å². The smallest absolute Gasteiger partial charge is 0.355 e. The first-order valence-electron chi connectivity index (χ1n) is 6.76. The number of benzene rings is 1. The van der Waals surface area contributed by atoms with E-state index in [0.29, 0.717) is 5.69 Å². The van der Waals surface area contributed by atoms with Crippen LogP contribution in [0.15, 0.2) is 35.4 Å². The lowest BCUT2D eigenvalue weighted by molar-refractivity contribution is -0.152. The molecule has 1 aliphatic heterocycles. The molecule has 1 aromatic rings. The molecule has 1 aromatic carbocycles. The number of para-hydroxylation sites is 1. The van der Waals surface area contributed by atoms with Crippen LogP contribution in [0, 0.1) is 0 Å². The lowest BCUT2D eigenvalue weighted by Crippen LogP contribution is -2.45. The summed E-state index contributed by atoms with van der Waals surface area (Å²) in [5.41, 5.74) is 3.44. The largest absolute Gasteiger partial charge is 0.455 e. The highest BCUT2D eigenvalue weighted by molar-refractivity contribution is 6.38. The van der Waals surface area contributed by atoms with Gasteiger partial charge < -0.3 is 25.2 Å². The monoisotopic (exact) mass is 310 g/mol. The molecule has 0 saturated carbocycles. The van der Waals surface area contributed by atoms with Crippen LogP contribution in [0.4, 0.5) is 5.69 Å². The molecule has 0 aromatic heterocycles. The molecule has 4 atom stereocenters. The van der Waals surface area contributed by atoms with E-state index in [9.17, 15) is 20.1 Å². The second kappa shape index (κ2) is 7.32. The van der Waals surface area contributed by atoms with Gasteiger partial charge in [0.15, 0.2) is 0 Å². The second-order valence-corrected chi connectivity index (χ2v) is 4.92. The predicted octanol–water partition coefficient (Wildman–Crippen LogP) is -1.15. The first-order valence-corrected chi connectivity index (χ1v) is 6.76. The predicted molar refractivity (Wildman–Crippen MR) is 77.1 cm³/mol. The van der Waals surface area contributed by atoms with Crippen LogP contribution in [-0.4, -0.2) is 63.1 Å². The van der Waals surface area contributed by atoms with Crippen molar-refractivity contribution in [2.24, 2.45) is 5.10 Å². The minimum atomic E-state index is -1.62. The number of rotatable bonds is 6. The third-order valence-corrected chi connectivity index (χ3v) is 3.29. The highest BCUT2D eigenvalue weighted by atomic mass is 16.6. The van der Waals surface area contributed by atoms with Crippen molar-refractivity contribution in [3.8, 4) is 0 Å². The number of esters is 1. The minimum Gasteiger partial charge on any atom is -0.455 e. The van der Waals surface area contributed by atoms with Gasteiger partial charge in [-0.3, -0.25) is 5.43 Å². The Morgan fingerprint density at radius 1 is 1.27 bits per heavy atom. The summed E-state index contributed by atoms with van der Waals surface area (Å²) < 4.78 is 4.93. The summed E-state index contributed by atoms with van der Waals surface area (Å²) in [6.45, 7) is -0.713. The quantitative estimate of drug-likeness (QED) is 0.331. The van der Waals surface area contributed by atoms with Crippen LogP contribution in [0.25, 0.3) is 0 Å². The Morgan fingerprint density at radius 2 is 1.95 bits per heavy atom. The molecule has 1 aliphatic rings. The Balaban J connectivity index is 1.98. The van der Waals surface area contributed by atoms with Gasteiger partial charge in [0.05, 0.1) is 12.3 Å². The number of anilines is 1. The standard InChI is InChI=1S/C14H18N2O6/c17-7-10(18)12(19)13(20)11-6-9(14(21)22-11)16-15-8-4-2-1-3-5-8/h1-5,10-13,15,17-20H,6-7H2/b16-9+/t10-,11+,12-,13+/m1/s1. The van der Waals surface area contributed by atoms with Gasteiger partial charge >= 0.3 is 5.97 Å². The highest BCUT2D eigenvalue weighted by Crippen LogP contribution is 2.19. The fourth-order valence-electron chi connectivity index (χ4n) is 2.00. The van der Waals surface area contributed by atoms with Crippen LogP contribution in [0.2, 0.25) is 0 Å². The number of hydrogen-bond donors (Lipinski definition) is 5. The molecule has 1 heterocycles. The Morgan fingerprint density at radius 3 is 2.59 bits per heavy atom. The SMILES string of the molecule is O=C1O[C@H]([C@H](O)[C@H](O)[C@H](O)CO)C/C1=N\Nc1ccccc1. The molecule has 1 saturated heterocycles. The maximum absolute atomic E-state index is 11.7. The number of hydrazone groups is 1. The molecular weight excluding hydrogens is 292 g/mol. The van der Waals surface area contributed by atoms with Crippen molar-refractivity contribution in [2.75, 3.05) is 12.0 Å². The molecule has 8 heteroatoms. The lowest BCUT2D eigenvalue weighted by atomic mass is 10.0.